The van der Waals surface area contributed by atoms with Gasteiger partial charge >= 0.3 is 7.60 Å². The van der Waals surface area contributed by atoms with E-state index in [1.807, 2.05) is 0 Å². The minimum Gasteiger partial charge on any atom is -0.308 e. The topological polar surface area (TPSA) is 104 Å². The lowest BCUT2D eigenvalue weighted by molar-refractivity contribution is -0.114. The Bertz CT molecular complexity index is 871. The highest BCUT2D eigenvalue weighted by Crippen LogP contribution is 2.49. The van der Waals surface area contributed by atoms with Crippen molar-refractivity contribution in [3.8, 4) is 0 Å². The number of anilines is 1. The summed E-state index contributed by atoms with van der Waals surface area (Å²) in [4.78, 5) is 25.6. The van der Waals surface area contributed by atoms with Crippen LogP contribution >= 0.6 is 7.60 Å². The summed E-state index contributed by atoms with van der Waals surface area (Å²) in [5.74, 6) is -1.14. The van der Waals surface area contributed by atoms with E-state index in [4.69, 9.17) is 9.05 Å². The zero-order chi connectivity index (χ0) is 18.7. The van der Waals surface area contributed by atoms with Crippen molar-refractivity contribution in [1.82, 2.24) is 15.0 Å². The molecule has 10 heteroatoms. The average Bonchev–Trinajstić information content (AvgIpc) is 3.14. The lowest BCUT2D eigenvalue weighted by Crippen LogP contribution is -2.29. The molecule has 0 unspecified atom stereocenters. The van der Waals surface area contributed by atoms with Gasteiger partial charge in [0.25, 0.3) is 11.7 Å². The van der Waals surface area contributed by atoms with Crippen molar-refractivity contribution in [2.75, 3.05) is 18.1 Å². The van der Waals surface area contributed by atoms with Gasteiger partial charge in [0.2, 0.25) is 0 Å². The first-order valence-corrected chi connectivity index (χ1v) is 9.92. The molecule has 0 spiro atoms. The van der Waals surface area contributed by atoms with Crippen LogP contribution in [0.4, 0.5) is 5.69 Å². The number of Topliss-reactive ketones (excluding diaryl/α,β-unsaturated/α-hetero) is 1. The van der Waals surface area contributed by atoms with Gasteiger partial charge in [-0.25, -0.2) is 4.68 Å². The van der Waals surface area contributed by atoms with Gasteiger partial charge in [-0.15, -0.1) is 5.10 Å². The van der Waals surface area contributed by atoms with Crippen LogP contribution < -0.4 is 4.90 Å². The van der Waals surface area contributed by atoms with Crippen molar-refractivity contribution >= 4 is 25.0 Å². The van der Waals surface area contributed by atoms with Crippen LogP contribution in [-0.2, 0) is 31.2 Å². The Kier molecular flexibility index (Phi) is 5.31. The first kappa shape index (κ1) is 18.4. The predicted octanol–water partition coefficient (Wildman–Crippen LogP) is 2.23. The molecule has 0 N–H and O–H groups in total. The largest absolute Gasteiger partial charge is 0.351 e. The molecule has 3 rings (SSSR count). The number of carbonyl (C=O) groups is 2. The van der Waals surface area contributed by atoms with E-state index in [1.54, 1.807) is 44.3 Å². The second-order valence-electron chi connectivity index (χ2n) is 5.57. The summed E-state index contributed by atoms with van der Waals surface area (Å²) in [6, 6.07) is 6.80. The van der Waals surface area contributed by atoms with E-state index in [0.29, 0.717) is 16.9 Å². The molecule has 0 aliphatic carbocycles. The number of aromatic nitrogens is 3. The van der Waals surface area contributed by atoms with Gasteiger partial charge in [-0.3, -0.25) is 19.1 Å². The van der Waals surface area contributed by atoms with Crippen molar-refractivity contribution < 1.29 is 23.2 Å². The number of hydrogen-bond donors (Lipinski definition) is 0. The Hall–Kier alpha value is -2.35. The van der Waals surface area contributed by atoms with Gasteiger partial charge < -0.3 is 9.05 Å². The van der Waals surface area contributed by atoms with Crippen LogP contribution in [0.5, 0.6) is 0 Å². The molecule has 138 valence electrons. The Morgan fingerprint density at radius 3 is 2.50 bits per heavy atom. The number of nitrogens with zero attached hydrogens (tertiary/aromatic N) is 4. The minimum absolute atomic E-state index is 0.0782. The van der Waals surface area contributed by atoms with Crippen molar-refractivity contribution in [2.24, 2.45) is 0 Å². The van der Waals surface area contributed by atoms with Crippen LogP contribution in [0.25, 0.3) is 0 Å². The van der Waals surface area contributed by atoms with E-state index in [0.717, 1.165) is 0 Å². The smallest absolute Gasteiger partial charge is 0.308 e. The van der Waals surface area contributed by atoms with Gasteiger partial charge in [-0.2, -0.15) is 0 Å². The lowest BCUT2D eigenvalue weighted by atomic mass is 10.1. The molecule has 2 heterocycles. The first-order valence-electron chi connectivity index (χ1n) is 8.19. The van der Waals surface area contributed by atoms with Crippen LogP contribution in [0.15, 0.2) is 30.5 Å². The Morgan fingerprint density at radius 2 is 1.81 bits per heavy atom. The fourth-order valence-electron chi connectivity index (χ4n) is 2.74. The molecule has 0 atom stereocenters. The fourth-order valence-corrected chi connectivity index (χ4v) is 4.25. The van der Waals surface area contributed by atoms with Crippen molar-refractivity contribution in [1.29, 1.82) is 0 Å². The maximum absolute atomic E-state index is 12.6. The molecule has 0 fully saturated rings. The van der Waals surface area contributed by atoms with Gasteiger partial charge in [-0.1, -0.05) is 17.3 Å². The highest BCUT2D eigenvalue weighted by atomic mass is 31.2. The molecule has 0 saturated carbocycles. The zero-order valence-electron chi connectivity index (χ0n) is 14.5. The number of ketones is 1. The van der Waals surface area contributed by atoms with Crippen LogP contribution in [-0.4, -0.2) is 39.9 Å². The summed E-state index contributed by atoms with van der Waals surface area (Å²) in [6.07, 6.45) is 1.48. The average molecular weight is 378 g/mol. The second-order valence-corrected chi connectivity index (χ2v) is 7.60. The van der Waals surface area contributed by atoms with Gasteiger partial charge in [0.1, 0.15) is 12.0 Å². The maximum Gasteiger partial charge on any atom is 0.351 e. The summed E-state index contributed by atoms with van der Waals surface area (Å²) in [5, 5.41) is 7.91. The molecule has 1 aromatic heterocycles. The molecule has 9 nitrogen and oxygen atoms in total. The summed E-state index contributed by atoms with van der Waals surface area (Å²) in [6.45, 7) is 4.05. The number of para-hydroxylation sites is 1. The molecular weight excluding hydrogens is 359 g/mol. The maximum atomic E-state index is 12.6. The van der Waals surface area contributed by atoms with Crippen molar-refractivity contribution in [3.63, 3.8) is 0 Å². The molecule has 1 aliphatic rings. The van der Waals surface area contributed by atoms with E-state index in [2.05, 4.69) is 10.3 Å². The molecule has 0 radical (unpaired) electrons. The van der Waals surface area contributed by atoms with Gasteiger partial charge in [0, 0.05) is 0 Å². The van der Waals surface area contributed by atoms with Gasteiger partial charge in [-0.05, 0) is 26.0 Å². The van der Waals surface area contributed by atoms with Gasteiger partial charge in [0.05, 0.1) is 37.2 Å². The number of hydrogen-bond acceptors (Lipinski definition) is 7. The van der Waals surface area contributed by atoms with E-state index in [1.165, 1.54) is 9.58 Å². The van der Waals surface area contributed by atoms with E-state index < -0.39 is 19.3 Å². The minimum atomic E-state index is -3.31. The first-order chi connectivity index (χ1) is 12.5. The third-order valence-corrected chi connectivity index (χ3v) is 5.69. The van der Waals surface area contributed by atoms with E-state index in [9.17, 15) is 14.2 Å². The molecule has 0 saturated heterocycles. The summed E-state index contributed by atoms with van der Waals surface area (Å²) in [7, 11) is -3.31. The summed E-state index contributed by atoms with van der Waals surface area (Å²) < 4.78 is 24.4. The molecule has 1 aromatic carbocycles. The number of amides is 1. The molecule has 26 heavy (non-hydrogen) atoms. The zero-order valence-corrected chi connectivity index (χ0v) is 15.4. The van der Waals surface area contributed by atoms with Crippen molar-refractivity contribution in [3.05, 3.63) is 41.7 Å². The highest BCUT2D eigenvalue weighted by Gasteiger charge is 2.36. The highest BCUT2D eigenvalue weighted by molar-refractivity contribution is 7.52. The molecular formula is C16H19N4O5P. The predicted molar refractivity (Wildman–Crippen MR) is 92.8 cm³/mol. The van der Waals surface area contributed by atoms with Gasteiger partial charge in [0.15, 0.2) is 0 Å². The second kappa shape index (κ2) is 7.49. The normalized spacial score (nSPS) is 14.2. The summed E-state index contributed by atoms with van der Waals surface area (Å²) >= 11 is 0. The molecule has 0 bridgehead atoms. The van der Waals surface area contributed by atoms with Crippen LogP contribution in [0, 0.1) is 0 Å². The van der Waals surface area contributed by atoms with Crippen molar-refractivity contribution in [2.45, 2.75) is 26.7 Å². The number of benzene rings is 1. The number of fused-ring (bicyclic) bond motifs is 1. The van der Waals surface area contributed by atoms with Crippen LogP contribution in [0.3, 0.4) is 0 Å². The SMILES string of the molecule is CCOP(=O)(Cn1cc(CN2C(=O)C(=O)c3ccccc32)nn1)OCC. The lowest BCUT2D eigenvalue weighted by Gasteiger charge is -2.16. The Morgan fingerprint density at radius 1 is 1.12 bits per heavy atom. The molecule has 1 aliphatic heterocycles. The third kappa shape index (κ3) is 3.60. The fraction of sp³-hybridized carbons (Fsp3) is 0.375. The third-order valence-electron chi connectivity index (χ3n) is 3.75. The number of rotatable bonds is 8. The standard InChI is InChI=1S/C16H19N4O5P/c1-3-24-26(23,25-4-2)11-19-9-12(17-18-19)10-20-14-8-6-5-7-13(14)15(21)16(20)22/h5-9H,3-4,10-11H2,1-2H3. The number of carbonyl (C=O) groups excluding carboxylic acids is 2. The Balaban J connectivity index is 1.76. The van der Waals surface area contributed by atoms with E-state index in [-0.39, 0.29) is 26.0 Å². The molecule has 2 aromatic rings. The van der Waals surface area contributed by atoms with Crippen LogP contribution in [0.2, 0.25) is 0 Å². The molecule has 1 amide bonds. The summed E-state index contributed by atoms with van der Waals surface area (Å²) in [5.41, 5.74) is 1.39. The monoisotopic (exact) mass is 378 g/mol. The quantitative estimate of drug-likeness (QED) is 0.512. The van der Waals surface area contributed by atoms with E-state index >= 15 is 0 Å². The Labute approximate surface area is 150 Å². The van der Waals surface area contributed by atoms with Crippen LogP contribution in [0.1, 0.15) is 29.9 Å².